The molecule has 2 unspecified atom stereocenters. The monoisotopic (exact) mass is 291 g/mol. The first-order valence-electron chi connectivity index (χ1n) is 6.77. The van der Waals surface area contributed by atoms with Crippen molar-refractivity contribution in [1.29, 1.82) is 0 Å². The lowest BCUT2D eigenvalue weighted by Gasteiger charge is -2.24. The van der Waals surface area contributed by atoms with Gasteiger partial charge in [-0.25, -0.2) is 0 Å². The van der Waals surface area contributed by atoms with Crippen molar-refractivity contribution in [2.45, 2.75) is 26.2 Å². The van der Waals surface area contributed by atoms with Gasteiger partial charge in [0.1, 0.15) is 5.41 Å². The van der Waals surface area contributed by atoms with Crippen molar-refractivity contribution in [3.8, 4) is 0 Å². The molecule has 0 radical (unpaired) electrons. The Balaban J connectivity index is 2.30. The van der Waals surface area contributed by atoms with Crippen molar-refractivity contribution < 1.29 is 19.2 Å². The summed E-state index contributed by atoms with van der Waals surface area (Å²) in [5, 5.41) is 10.6. The molecular formula is C15H17NO5. The SMILES string of the molecule is COC(=O)C1(Cc2ccc([N+](=O)[O-])cc2)CCC(C)C1=O. The van der Waals surface area contributed by atoms with Crippen LogP contribution in [0.25, 0.3) is 0 Å². The average Bonchev–Trinajstić information content (AvgIpc) is 2.76. The van der Waals surface area contributed by atoms with Gasteiger partial charge < -0.3 is 4.74 Å². The highest BCUT2D eigenvalue weighted by molar-refractivity contribution is 6.06. The van der Waals surface area contributed by atoms with E-state index in [1.807, 2.05) is 6.92 Å². The fourth-order valence-corrected chi connectivity index (χ4v) is 2.92. The average molecular weight is 291 g/mol. The largest absolute Gasteiger partial charge is 0.468 e. The minimum Gasteiger partial charge on any atom is -0.468 e. The number of nitrogens with zero attached hydrogens (tertiary/aromatic N) is 1. The topological polar surface area (TPSA) is 86.5 Å². The van der Waals surface area contributed by atoms with E-state index in [9.17, 15) is 19.7 Å². The Morgan fingerprint density at radius 1 is 1.43 bits per heavy atom. The number of nitro groups is 1. The van der Waals surface area contributed by atoms with Crippen molar-refractivity contribution >= 4 is 17.4 Å². The van der Waals surface area contributed by atoms with Crippen molar-refractivity contribution in [3.63, 3.8) is 0 Å². The van der Waals surface area contributed by atoms with Gasteiger partial charge in [-0.05, 0) is 24.8 Å². The predicted molar refractivity (Wildman–Crippen MR) is 74.7 cm³/mol. The minimum atomic E-state index is -1.15. The van der Waals surface area contributed by atoms with E-state index in [-0.39, 0.29) is 23.8 Å². The first kappa shape index (κ1) is 15.2. The number of ketones is 1. The summed E-state index contributed by atoms with van der Waals surface area (Å²) < 4.78 is 4.82. The molecule has 1 aliphatic rings. The first-order valence-corrected chi connectivity index (χ1v) is 6.77. The number of carbonyl (C=O) groups is 2. The van der Waals surface area contributed by atoms with E-state index < -0.39 is 16.3 Å². The Labute approximate surface area is 122 Å². The number of hydrogen-bond acceptors (Lipinski definition) is 5. The second kappa shape index (κ2) is 5.63. The van der Waals surface area contributed by atoms with Crippen molar-refractivity contribution in [3.05, 3.63) is 39.9 Å². The molecule has 1 aliphatic carbocycles. The van der Waals surface area contributed by atoms with Crippen LogP contribution in [0.15, 0.2) is 24.3 Å². The van der Waals surface area contributed by atoms with Crippen LogP contribution in [0.4, 0.5) is 5.69 Å². The van der Waals surface area contributed by atoms with Crippen molar-refractivity contribution in [1.82, 2.24) is 0 Å². The number of methoxy groups -OCH3 is 1. The van der Waals surface area contributed by atoms with Gasteiger partial charge in [0.2, 0.25) is 0 Å². The first-order chi connectivity index (χ1) is 9.90. The number of non-ortho nitro benzene ring substituents is 1. The third kappa shape index (κ3) is 2.66. The van der Waals surface area contributed by atoms with Crippen LogP contribution in [0.5, 0.6) is 0 Å². The molecule has 1 aromatic carbocycles. The number of nitro benzene ring substituents is 1. The predicted octanol–water partition coefficient (Wildman–Crippen LogP) is 2.30. The normalized spacial score (nSPS) is 24.9. The summed E-state index contributed by atoms with van der Waals surface area (Å²) in [6.07, 6.45) is 1.33. The molecular weight excluding hydrogens is 274 g/mol. The van der Waals surface area contributed by atoms with E-state index in [2.05, 4.69) is 0 Å². The van der Waals surface area contributed by atoms with Crippen LogP contribution in [0.3, 0.4) is 0 Å². The van der Waals surface area contributed by atoms with Gasteiger partial charge in [0.15, 0.2) is 5.78 Å². The van der Waals surface area contributed by atoms with E-state index in [4.69, 9.17) is 4.74 Å². The minimum absolute atomic E-state index is 0.0167. The zero-order valence-corrected chi connectivity index (χ0v) is 12.0. The summed E-state index contributed by atoms with van der Waals surface area (Å²) in [5.41, 5.74) is -0.449. The van der Waals surface area contributed by atoms with Gasteiger partial charge in [-0.3, -0.25) is 19.7 Å². The van der Waals surface area contributed by atoms with E-state index in [0.29, 0.717) is 18.4 Å². The molecule has 1 fully saturated rings. The lowest BCUT2D eigenvalue weighted by Crippen LogP contribution is -2.39. The molecule has 112 valence electrons. The van der Waals surface area contributed by atoms with Gasteiger partial charge in [0.05, 0.1) is 12.0 Å². The molecule has 0 N–H and O–H groups in total. The molecule has 1 saturated carbocycles. The summed E-state index contributed by atoms with van der Waals surface area (Å²) in [4.78, 5) is 34.7. The van der Waals surface area contributed by atoms with Crippen LogP contribution in [-0.4, -0.2) is 23.8 Å². The molecule has 0 aliphatic heterocycles. The van der Waals surface area contributed by atoms with Crippen molar-refractivity contribution in [2.75, 3.05) is 7.11 Å². The molecule has 0 spiro atoms. The molecule has 6 nitrogen and oxygen atoms in total. The van der Waals surface area contributed by atoms with E-state index in [1.54, 1.807) is 12.1 Å². The maximum Gasteiger partial charge on any atom is 0.319 e. The third-order valence-electron chi connectivity index (χ3n) is 4.15. The number of ether oxygens (including phenoxy) is 1. The van der Waals surface area contributed by atoms with Gasteiger partial charge in [-0.2, -0.15) is 0 Å². The Morgan fingerprint density at radius 3 is 2.48 bits per heavy atom. The molecule has 0 bridgehead atoms. The Morgan fingerprint density at radius 2 is 2.05 bits per heavy atom. The molecule has 21 heavy (non-hydrogen) atoms. The summed E-state index contributed by atoms with van der Waals surface area (Å²) in [7, 11) is 1.27. The standard InChI is InChI=1S/C15H17NO5/c1-10-7-8-15(13(10)17,14(18)21-2)9-11-3-5-12(6-4-11)16(19)20/h3-6,10H,7-9H2,1-2H3. The molecule has 0 saturated heterocycles. The smallest absolute Gasteiger partial charge is 0.319 e. The fraction of sp³-hybridized carbons (Fsp3) is 0.467. The lowest BCUT2D eigenvalue weighted by atomic mass is 9.78. The number of rotatable bonds is 4. The van der Waals surface area contributed by atoms with E-state index in [1.165, 1.54) is 19.2 Å². The molecule has 2 rings (SSSR count). The van der Waals surface area contributed by atoms with Gasteiger partial charge in [0.25, 0.3) is 5.69 Å². The zero-order chi connectivity index (χ0) is 15.6. The highest BCUT2D eigenvalue weighted by Gasteiger charge is 2.52. The molecule has 2 atom stereocenters. The van der Waals surface area contributed by atoms with E-state index >= 15 is 0 Å². The summed E-state index contributed by atoms with van der Waals surface area (Å²) in [6, 6.07) is 5.92. The Kier molecular flexibility index (Phi) is 4.06. The Bertz CT molecular complexity index is 580. The number of benzene rings is 1. The van der Waals surface area contributed by atoms with Crippen LogP contribution in [0, 0.1) is 21.4 Å². The van der Waals surface area contributed by atoms with Crippen LogP contribution in [0.2, 0.25) is 0 Å². The van der Waals surface area contributed by atoms with Crippen LogP contribution >= 0.6 is 0 Å². The lowest BCUT2D eigenvalue weighted by molar-refractivity contribution is -0.384. The zero-order valence-electron chi connectivity index (χ0n) is 12.0. The molecule has 0 aromatic heterocycles. The Hall–Kier alpha value is -2.24. The number of carbonyl (C=O) groups excluding carboxylic acids is 2. The maximum absolute atomic E-state index is 12.4. The second-order valence-corrected chi connectivity index (χ2v) is 5.48. The molecule has 6 heteroatoms. The maximum atomic E-state index is 12.4. The van der Waals surface area contributed by atoms with Crippen LogP contribution in [0.1, 0.15) is 25.3 Å². The number of Topliss-reactive ketones (excluding diaryl/α,β-unsaturated/α-hetero) is 1. The molecule has 1 aromatic rings. The van der Waals surface area contributed by atoms with Gasteiger partial charge in [-0.15, -0.1) is 0 Å². The van der Waals surface area contributed by atoms with Crippen LogP contribution in [-0.2, 0) is 20.7 Å². The third-order valence-corrected chi connectivity index (χ3v) is 4.15. The summed E-state index contributed by atoms with van der Waals surface area (Å²) in [5.74, 6) is -0.787. The molecule has 0 amide bonds. The fourth-order valence-electron chi connectivity index (χ4n) is 2.92. The van der Waals surface area contributed by atoms with Gasteiger partial charge in [0, 0.05) is 18.1 Å². The summed E-state index contributed by atoms with van der Waals surface area (Å²) in [6.45, 7) is 1.81. The second-order valence-electron chi connectivity index (χ2n) is 5.48. The highest BCUT2D eigenvalue weighted by Crippen LogP contribution is 2.42. The quantitative estimate of drug-likeness (QED) is 0.367. The highest BCUT2D eigenvalue weighted by atomic mass is 16.6. The number of hydrogen-bond donors (Lipinski definition) is 0. The van der Waals surface area contributed by atoms with Crippen LogP contribution < -0.4 is 0 Å². The van der Waals surface area contributed by atoms with E-state index in [0.717, 1.165) is 0 Å². The van der Waals surface area contributed by atoms with Gasteiger partial charge >= 0.3 is 5.97 Å². The number of esters is 1. The van der Waals surface area contributed by atoms with Gasteiger partial charge in [-0.1, -0.05) is 19.1 Å². The molecule has 0 heterocycles. The summed E-state index contributed by atoms with van der Waals surface area (Å²) >= 11 is 0. The van der Waals surface area contributed by atoms with Crippen molar-refractivity contribution in [2.24, 2.45) is 11.3 Å².